The molecule has 5 nitrogen and oxygen atoms in total. The normalized spacial score (nSPS) is 27.8. The standard InChI is InChI=1S/C16H27N5/c1-2-14-4-7-17-15(12-14)13-20-8-10-21(11-9-20)16-18-5-3-6-19-16/h3,5-6,14-15,17H,2,4,7-13H2,1H3. The van der Waals surface area contributed by atoms with Gasteiger partial charge in [-0.1, -0.05) is 13.3 Å². The third-order valence-electron chi connectivity index (χ3n) is 4.87. The van der Waals surface area contributed by atoms with Gasteiger partial charge in [0.1, 0.15) is 0 Å². The first kappa shape index (κ1) is 14.7. The Morgan fingerprint density at radius 1 is 1.19 bits per heavy atom. The van der Waals surface area contributed by atoms with Crippen molar-refractivity contribution in [3.63, 3.8) is 0 Å². The van der Waals surface area contributed by atoms with Crippen molar-refractivity contribution < 1.29 is 0 Å². The molecule has 2 aliphatic rings. The first-order chi connectivity index (χ1) is 10.3. The fraction of sp³-hybridized carbons (Fsp3) is 0.750. The lowest BCUT2D eigenvalue weighted by atomic mass is 9.90. The summed E-state index contributed by atoms with van der Waals surface area (Å²) in [6.45, 7) is 9.02. The Morgan fingerprint density at radius 3 is 2.67 bits per heavy atom. The van der Waals surface area contributed by atoms with E-state index < -0.39 is 0 Å². The van der Waals surface area contributed by atoms with Gasteiger partial charge < -0.3 is 10.2 Å². The second-order valence-corrected chi connectivity index (χ2v) is 6.29. The average molecular weight is 289 g/mol. The van der Waals surface area contributed by atoms with Crippen LogP contribution >= 0.6 is 0 Å². The van der Waals surface area contributed by atoms with Crippen molar-refractivity contribution in [3.05, 3.63) is 18.5 Å². The van der Waals surface area contributed by atoms with Gasteiger partial charge in [-0.3, -0.25) is 4.90 Å². The van der Waals surface area contributed by atoms with Crippen molar-refractivity contribution in [3.8, 4) is 0 Å². The van der Waals surface area contributed by atoms with Crippen LogP contribution in [0, 0.1) is 5.92 Å². The van der Waals surface area contributed by atoms with Gasteiger partial charge in [0.2, 0.25) is 5.95 Å². The Labute approximate surface area is 127 Å². The zero-order valence-electron chi connectivity index (χ0n) is 13.0. The molecule has 0 saturated carbocycles. The molecule has 5 heteroatoms. The summed E-state index contributed by atoms with van der Waals surface area (Å²) in [5.74, 6) is 1.80. The van der Waals surface area contributed by atoms with Crippen molar-refractivity contribution >= 4 is 5.95 Å². The van der Waals surface area contributed by atoms with Crippen LogP contribution in [0.5, 0.6) is 0 Å². The monoisotopic (exact) mass is 289 g/mol. The maximum atomic E-state index is 4.35. The van der Waals surface area contributed by atoms with Crippen molar-refractivity contribution in [1.82, 2.24) is 20.2 Å². The van der Waals surface area contributed by atoms with Crippen LogP contribution in [-0.2, 0) is 0 Å². The topological polar surface area (TPSA) is 44.3 Å². The second-order valence-electron chi connectivity index (χ2n) is 6.29. The third-order valence-corrected chi connectivity index (χ3v) is 4.87. The molecular weight excluding hydrogens is 262 g/mol. The maximum Gasteiger partial charge on any atom is 0.225 e. The summed E-state index contributed by atoms with van der Waals surface area (Å²) in [7, 11) is 0. The summed E-state index contributed by atoms with van der Waals surface area (Å²) in [4.78, 5) is 13.6. The number of piperazine rings is 1. The number of hydrogen-bond donors (Lipinski definition) is 1. The van der Waals surface area contributed by atoms with Crippen molar-refractivity contribution in [2.45, 2.75) is 32.2 Å². The van der Waals surface area contributed by atoms with Crippen LogP contribution in [0.2, 0.25) is 0 Å². The lowest BCUT2D eigenvalue weighted by molar-refractivity contribution is 0.191. The number of rotatable bonds is 4. The molecule has 2 saturated heterocycles. The molecule has 3 heterocycles. The van der Waals surface area contributed by atoms with Crippen molar-refractivity contribution in [2.75, 3.05) is 44.2 Å². The Bertz CT molecular complexity index is 416. The van der Waals surface area contributed by atoms with Gasteiger partial charge in [0.25, 0.3) is 0 Å². The van der Waals surface area contributed by atoms with E-state index in [4.69, 9.17) is 0 Å². The zero-order chi connectivity index (χ0) is 14.5. The van der Waals surface area contributed by atoms with E-state index in [0.29, 0.717) is 6.04 Å². The van der Waals surface area contributed by atoms with Crippen LogP contribution < -0.4 is 10.2 Å². The molecule has 0 aliphatic carbocycles. The number of anilines is 1. The number of piperidine rings is 1. The highest BCUT2D eigenvalue weighted by molar-refractivity contribution is 5.29. The summed E-state index contributed by atoms with van der Waals surface area (Å²) in [6, 6.07) is 2.56. The van der Waals surface area contributed by atoms with E-state index in [1.807, 2.05) is 18.5 Å². The van der Waals surface area contributed by atoms with Gasteiger partial charge in [-0.15, -0.1) is 0 Å². The number of nitrogens with one attached hydrogen (secondary N) is 1. The van der Waals surface area contributed by atoms with Gasteiger partial charge in [0, 0.05) is 51.2 Å². The first-order valence-corrected chi connectivity index (χ1v) is 8.33. The molecule has 1 aromatic heterocycles. The molecule has 0 aromatic carbocycles. The Balaban J connectivity index is 1.45. The van der Waals surface area contributed by atoms with Gasteiger partial charge in [-0.25, -0.2) is 9.97 Å². The lowest BCUT2D eigenvalue weighted by Crippen LogP contribution is -2.52. The molecule has 0 spiro atoms. The van der Waals surface area contributed by atoms with Crippen LogP contribution in [0.4, 0.5) is 5.95 Å². The first-order valence-electron chi connectivity index (χ1n) is 8.33. The second kappa shape index (κ2) is 7.18. The highest BCUT2D eigenvalue weighted by Crippen LogP contribution is 2.20. The van der Waals surface area contributed by atoms with Crippen LogP contribution in [0.3, 0.4) is 0 Å². The van der Waals surface area contributed by atoms with Gasteiger partial charge in [0.05, 0.1) is 0 Å². The molecule has 1 aromatic rings. The van der Waals surface area contributed by atoms with Crippen molar-refractivity contribution in [1.29, 1.82) is 0 Å². The fourth-order valence-corrected chi connectivity index (χ4v) is 3.50. The smallest absolute Gasteiger partial charge is 0.225 e. The van der Waals surface area contributed by atoms with E-state index in [1.165, 1.54) is 32.4 Å². The van der Waals surface area contributed by atoms with E-state index in [-0.39, 0.29) is 0 Å². The minimum atomic E-state index is 0.684. The number of aromatic nitrogens is 2. The van der Waals surface area contributed by atoms with Crippen molar-refractivity contribution in [2.24, 2.45) is 5.92 Å². The van der Waals surface area contributed by atoms with Crippen LogP contribution in [0.25, 0.3) is 0 Å². The molecule has 1 N–H and O–H groups in total. The van der Waals surface area contributed by atoms with E-state index >= 15 is 0 Å². The number of nitrogens with zero attached hydrogens (tertiary/aromatic N) is 4. The minimum Gasteiger partial charge on any atom is -0.338 e. The highest BCUT2D eigenvalue weighted by Gasteiger charge is 2.24. The Morgan fingerprint density at radius 2 is 1.95 bits per heavy atom. The number of hydrogen-bond acceptors (Lipinski definition) is 5. The SMILES string of the molecule is CCC1CCNC(CN2CCN(c3ncccn3)CC2)C1. The molecule has 3 rings (SSSR count). The molecular formula is C16H27N5. The average Bonchev–Trinajstić information content (AvgIpc) is 2.56. The van der Waals surface area contributed by atoms with Gasteiger partial charge >= 0.3 is 0 Å². The molecule has 2 unspecified atom stereocenters. The van der Waals surface area contributed by atoms with Crippen LogP contribution in [0.1, 0.15) is 26.2 Å². The molecule has 2 fully saturated rings. The van der Waals surface area contributed by atoms with Gasteiger partial charge in [-0.05, 0) is 31.4 Å². The molecule has 21 heavy (non-hydrogen) atoms. The largest absolute Gasteiger partial charge is 0.338 e. The summed E-state index contributed by atoms with van der Waals surface area (Å²) in [5, 5.41) is 3.69. The minimum absolute atomic E-state index is 0.684. The molecule has 0 amide bonds. The van der Waals surface area contributed by atoms with Gasteiger partial charge in [0.15, 0.2) is 0 Å². The maximum absolute atomic E-state index is 4.35. The molecule has 0 bridgehead atoms. The van der Waals surface area contributed by atoms with Gasteiger partial charge in [-0.2, -0.15) is 0 Å². The third kappa shape index (κ3) is 3.92. The highest BCUT2D eigenvalue weighted by atomic mass is 15.3. The quantitative estimate of drug-likeness (QED) is 0.907. The van der Waals surface area contributed by atoms with Crippen LogP contribution in [-0.4, -0.2) is 60.2 Å². The Hall–Kier alpha value is -1.20. The Kier molecular flexibility index (Phi) is 5.04. The summed E-state index contributed by atoms with van der Waals surface area (Å²) < 4.78 is 0. The summed E-state index contributed by atoms with van der Waals surface area (Å²) in [5.41, 5.74) is 0. The van der Waals surface area contributed by atoms with E-state index in [9.17, 15) is 0 Å². The van der Waals surface area contributed by atoms with E-state index in [1.54, 1.807) is 0 Å². The van der Waals surface area contributed by atoms with E-state index in [0.717, 1.165) is 38.0 Å². The molecule has 116 valence electrons. The lowest BCUT2D eigenvalue weighted by Gasteiger charge is -2.38. The molecule has 0 radical (unpaired) electrons. The zero-order valence-corrected chi connectivity index (χ0v) is 13.0. The molecule has 2 aliphatic heterocycles. The van der Waals surface area contributed by atoms with E-state index in [2.05, 4.69) is 32.0 Å². The summed E-state index contributed by atoms with van der Waals surface area (Å²) >= 11 is 0. The van der Waals surface area contributed by atoms with Crippen LogP contribution in [0.15, 0.2) is 18.5 Å². The summed E-state index contributed by atoms with van der Waals surface area (Å²) in [6.07, 6.45) is 7.68. The predicted molar refractivity (Wildman–Crippen MR) is 85.5 cm³/mol. The molecule has 2 atom stereocenters. The fourth-order valence-electron chi connectivity index (χ4n) is 3.50. The predicted octanol–water partition coefficient (Wildman–Crippen LogP) is 1.38.